The van der Waals surface area contributed by atoms with Gasteiger partial charge in [-0.25, -0.2) is 9.67 Å². The van der Waals surface area contributed by atoms with Gasteiger partial charge < -0.3 is 5.11 Å². The number of aromatic nitrogens is 3. The summed E-state index contributed by atoms with van der Waals surface area (Å²) >= 11 is 0. The molecular formula is C12H22N4O. The molecule has 5 heteroatoms. The average Bonchev–Trinajstić information content (AvgIpc) is 2.88. The van der Waals surface area contributed by atoms with Crippen LogP contribution in [0.5, 0.6) is 0 Å². The van der Waals surface area contributed by atoms with Gasteiger partial charge in [-0.1, -0.05) is 13.8 Å². The highest BCUT2D eigenvalue weighted by Crippen LogP contribution is 2.24. The number of hydrogen-bond acceptors (Lipinski definition) is 4. The second-order valence-corrected chi connectivity index (χ2v) is 4.89. The van der Waals surface area contributed by atoms with E-state index in [4.69, 9.17) is 0 Å². The molecule has 0 aromatic carbocycles. The van der Waals surface area contributed by atoms with Crippen LogP contribution in [0.25, 0.3) is 0 Å². The molecule has 0 spiro atoms. The lowest BCUT2D eigenvalue weighted by atomic mass is 10.0. The monoisotopic (exact) mass is 238 g/mol. The first-order valence-corrected chi connectivity index (χ1v) is 6.47. The topological polar surface area (TPSA) is 54.2 Å². The Labute approximate surface area is 102 Å². The van der Waals surface area contributed by atoms with Gasteiger partial charge in [0, 0.05) is 12.6 Å². The first-order chi connectivity index (χ1) is 8.26. The van der Waals surface area contributed by atoms with Crippen molar-refractivity contribution in [2.75, 3.05) is 13.2 Å². The third-order valence-corrected chi connectivity index (χ3v) is 3.66. The molecule has 5 nitrogen and oxygen atoms in total. The molecule has 0 radical (unpaired) electrons. The summed E-state index contributed by atoms with van der Waals surface area (Å²) in [6.07, 6.45) is 3.85. The van der Waals surface area contributed by atoms with E-state index in [2.05, 4.69) is 28.8 Å². The quantitative estimate of drug-likeness (QED) is 0.828. The van der Waals surface area contributed by atoms with E-state index >= 15 is 0 Å². The zero-order valence-corrected chi connectivity index (χ0v) is 10.7. The fraction of sp³-hybridized carbons (Fsp3) is 0.833. The molecule has 17 heavy (non-hydrogen) atoms. The SMILES string of the molecule is CCCn1ncnc1CN1CCC(C)C1CO. The summed E-state index contributed by atoms with van der Waals surface area (Å²) < 4.78 is 1.97. The van der Waals surface area contributed by atoms with E-state index in [9.17, 15) is 5.11 Å². The van der Waals surface area contributed by atoms with E-state index in [-0.39, 0.29) is 12.6 Å². The molecule has 2 heterocycles. The van der Waals surface area contributed by atoms with Gasteiger partial charge in [0.1, 0.15) is 12.2 Å². The van der Waals surface area contributed by atoms with Crippen LogP contribution in [0, 0.1) is 5.92 Å². The Morgan fingerprint density at radius 3 is 3.06 bits per heavy atom. The Morgan fingerprint density at radius 2 is 2.35 bits per heavy atom. The number of rotatable bonds is 5. The summed E-state index contributed by atoms with van der Waals surface area (Å²) in [5, 5.41) is 13.7. The van der Waals surface area contributed by atoms with E-state index < -0.39 is 0 Å². The van der Waals surface area contributed by atoms with Gasteiger partial charge in [0.2, 0.25) is 0 Å². The van der Waals surface area contributed by atoms with E-state index in [0.29, 0.717) is 5.92 Å². The Bertz CT molecular complexity index is 352. The first kappa shape index (κ1) is 12.5. The van der Waals surface area contributed by atoms with Gasteiger partial charge in [0.05, 0.1) is 13.2 Å². The normalized spacial score (nSPS) is 25.6. The number of likely N-dealkylation sites (tertiary alicyclic amines) is 1. The second-order valence-electron chi connectivity index (χ2n) is 4.89. The summed E-state index contributed by atoms with van der Waals surface area (Å²) in [4.78, 5) is 6.64. The van der Waals surface area contributed by atoms with Crippen molar-refractivity contribution in [1.82, 2.24) is 19.7 Å². The van der Waals surface area contributed by atoms with E-state index in [1.165, 1.54) is 0 Å². The van der Waals surface area contributed by atoms with Gasteiger partial charge in [0.25, 0.3) is 0 Å². The van der Waals surface area contributed by atoms with Crippen molar-refractivity contribution >= 4 is 0 Å². The smallest absolute Gasteiger partial charge is 0.141 e. The van der Waals surface area contributed by atoms with Crippen LogP contribution >= 0.6 is 0 Å². The average molecular weight is 238 g/mol. The standard InChI is InChI=1S/C12H22N4O/c1-3-5-16-12(13-9-14-16)7-15-6-4-10(2)11(15)8-17/h9-11,17H,3-8H2,1-2H3. The predicted molar refractivity (Wildman–Crippen MR) is 65.4 cm³/mol. The molecule has 0 amide bonds. The van der Waals surface area contributed by atoms with E-state index in [1.807, 2.05) is 4.68 Å². The number of hydrogen-bond donors (Lipinski definition) is 1. The van der Waals surface area contributed by atoms with Crippen LogP contribution in [0.3, 0.4) is 0 Å². The van der Waals surface area contributed by atoms with Gasteiger partial charge in [-0.05, 0) is 25.3 Å². The van der Waals surface area contributed by atoms with Gasteiger partial charge in [-0.2, -0.15) is 5.10 Å². The van der Waals surface area contributed by atoms with Crippen molar-refractivity contribution in [2.24, 2.45) is 5.92 Å². The lowest BCUT2D eigenvalue weighted by Crippen LogP contribution is -2.35. The minimum atomic E-state index is 0.239. The minimum Gasteiger partial charge on any atom is -0.395 e. The van der Waals surface area contributed by atoms with Crippen molar-refractivity contribution in [1.29, 1.82) is 0 Å². The summed E-state index contributed by atoms with van der Waals surface area (Å²) in [6.45, 7) is 7.35. The highest BCUT2D eigenvalue weighted by molar-refractivity contribution is 4.91. The third kappa shape index (κ3) is 2.66. The highest BCUT2D eigenvalue weighted by Gasteiger charge is 2.31. The van der Waals surface area contributed by atoms with E-state index in [0.717, 1.165) is 38.3 Å². The molecule has 0 aliphatic carbocycles. The van der Waals surface area contributed by atoms with Gasteiger partial charge in [0.15, 0.2) is 0 Å². The van der Waals surface area contributed by atoms with Crippen LogP contribution in [-0.4, -0.2) is 44.0 Å². The molecular weight excluding hydrogens is 216 g/mol. The molecule has 1 aliphatic heterocycles. The summed E-state index contributed by atoms with van der Waals surface area (Å²) in [6, 6.07) is 0.279. The van der Waals surface area contributed by atoms with Gasteiger partial charge in [-0.3, -0.25) is 4.90 Å². The lowest BCUT2D eigenvalue weighted by Gasteiger charge is -2.24. The molecule has 1 fully saturated rings. The summed E-state index contributed by atoms with van der Waals surface area (Å²) in [5.41, 5.74) is 0. The first-order valence-electron chi connectivity index (χ1n) is 6.47. The van der Waals surface area contributed by atoms with Crippen LogP contribution in [0.4, 0.5) is 0 Å². The maximum absolute atomic E-state index is 9.42. The maximum Gasteiger partial charge on any atom is 0.141 e. The number of aliphatic hydroxyl groups excluding tert-OH is 1. The van der Waals surface area contributed by atoms with Crippen LogP contribution in [-0.2, 0) is 13.1 Å². The zero-order valence-electron chi connectivity index (χ0n) is 10.7. The fourth-order valence-corrected chi connectivity index (χ4v) is 2.57. The predicted octanol–water partition coefficient (Wildman–Crippen LogP) is 0.891. The highest BCUT2D eigenvalue weighted by atomic mass is 16.3. The molecule has 1 aromatic rings. The Balaban J connectivity index is 2.02. The molecule has 0 saturated carbocycles. The number of nitrogens with zero attached hydrogens (tertiary/aromatic N) is 4. The molecule has 1 saturated heterocycles. The number of aliphatic hydroxyl groups is 1. The maximum atomic E-state index is 9.42. The van der Waals surface area contributed by atoms with Crippen molar-refractivity contribution in [2.45, 2.75) is 45.8 Å². The number of aryl methyl sites for hydroxylation is 1. The fourth-order valence-electron chi connectivity index (χ4n) is 2.57. The van der Waals surface area contributed by atoms with E-state index in [1.54, 1.807) is 6.33 Å². The Morgan fingerprint density at radius 1 is 1.53 bits per heavy atom. The summed E-state index contributed by atoms with van der Waals surface area (Å²) in [5.74, 6) is 1.59. The third-order valence-electron chi connectivity index (χ3n) is 3.66. The van der Waals surface area contributed by atoms with Crippen LogP contribution in [0.2, 0.25) is 0 Å². The van der Waals surface area contributed by atoms with Gasteiger partial charge in [-0.15, -0.1) is 0 Å². The molecule has 0 bridgehead atoms. The second kappa shape index (κ2) is 5.60. The minimum absolute atomic E-state index is 0.239. The zero-order chi connectivity index (χ0) is 12.3. The van der Waals surface area contributed by atoms with Crippen molar-refractivity contribution in [3.8, 4) is 0 Å². The van der Waals surface area contributed by atoms with Gasteiger partial charge >= 0.3 is 0 Å². The molecule has 2 rings (SSSR count). The molecule has 1 aliphatic rings. The van der Waals surface area contributed by atoms with Crippen LogP contribution < -0.4 is 0 Å². The summed E-state index contributed by atoms with van der Waals surface area (Å²) in [7, 11) is 0. The lowest BCUT2D eigenvalue weighted by molar-refractivity contribution is 0.130. The molecule has 2 atom stereocenters. The van der Waals surface area contributed by atoms with Crippen molar-refractivity contribution in [3.63, 3.8) is 0 Å². The molecule has 96 valence electrons. The molecule has 1 N–H and O–H groups in total. The Kier molecular flexibility index (Phi) is 4.12. The van der Waals surface area contributed by atoms with Crippen LogP contribution in [0.15, 0.2) is 6.33 Å². The van der Waals surface area contributed by atoms with Crippen molar-refractivity contribution < 1.29 is 5.11 Å². The van der Waals surface area contributed by atoms with Crippen LogP contribution in [0.1, 0.15) is 32.5 Å². The molecule has 2 unspecified atom stereocenters. The van der Waals surface area contributed by atoms with Crippen molar-refractivity contribution in [3.05, 3.63) is 12.2 Å². The molecule has 1 aromatic heterocycles. The Hall–Kier alpha value is -0.940. The largest absolute Gasteiger partial charge is 0.395 e.